The van der Waals surface area contributed by atoms with Crippen molar-refractivity contribution < 1.29 is 14.3 Å². The van der Waals surface area contributed by atoms with Gasteiger partial charge in [-0.25, -0.2) is 9.48 Å². The Bertz CT molecular complexity index is 811. The van der Waals surface area contributed by atoms with Gasteiger partial charge in [-0.15, -0.1) is 5.10 Å². The lowest BCUT2D eigenvalue weighted by molar-refractivity contribution is 0.128. The maximum absolute atomic E-state index is 12.0. The maximum atomic E-state index is 12.0. The van der Waals surface area contributed by atoms with Gasteiger partial charge in [0.05, 0.1) is 32.0 Å². The van der Waals surface area contributed by atoms with Crippen molar-refractivity contribution in [3.63, 3.8) is 0 Å². The van der Waals surface area contributed by atoms with Crippen molar-refractivity contribution in [1.82, 2.24) is 20.3 Å². The molecule has 1 aromatic heterocycles. The number of hydrogen-bond acceptors (Lipinski definition) is 5. The first-order chi connectivity index (χ1) is 13.0. The normalized spacial score (nSPS) is 16.1. The van der Waals surface area contributed by atoms with Gasteiger partial charge in [-0.1, -0.05) is 37.8 Å². The molecule has 1 aromatic carbocycles. The van der Waals surface area contributed by atoms with E-state index in [0.29, 0.717) is 19.1 Å². The predicted molar refractivity (Wildman–Crippen MR) is 102 cm³/mol. The highest BCUT2D eigenvalue weighted by Crippen LogP contribution is 2.34. The molecule has 1 aliphatic rings. The summed E-state index contributed by atoms with van der Waals surface area (Å²) in [6.45, 7) is 9.14. The third kappa shape index (κ3) is 4.48. The zero-order valence-corrected chi connectivity index (χ0v) is 16.1. The van der Waals surface area contributed by atoms with Crippen molar-refractivity contribution in [2.75, 3.05) is 13.7 Å². The molecule has 2 aromatic rings. The topological polar surface area (TPSA) is 78.3 Å². The zero-order valence-electron chi connectivity index (χ0n) is 16.1. The Morgan fingerprint density at radius 3 is 2.78 bits per heavy atom. The molecule has 7 nitrogen and oxygen atoms in total. The monoisotopic (exact) mass is 370 g/mol. The smallest absolute Gasteiger partial charge is 0.407 e. The van der Waals surface area contributed by atoms with Crippen LogP contribution >= 0.6 is 0 Å². The van der Waals surface area contributed by atoms with Crippen LogP contribution in [0.4, 0.5) is 4.79 Å². The van der Waals surface area contributed by atoms with Gasteiger partial charge in [-0.3, -0.25) is 0 Å². The lowest BCUT2D eigenvalue weighted by Gasteiger charge is -2.24. The van der Waals surface area contributed by atoms with Crippen LogP contribution in [0.5, 0.6) is 5.75 Å². The zero-order chi connectivity index (χ0) is 19.4. The molecule has 1 amide bonds. The average Bonchev–Trinajstić information content (AvgIpc) is 3.08. The standard InChI is InChI=1S/C20H26N4O3/c1-13(2)12-27-20(25)21-17-10-5-14(3)19-18(17)22-23-24(19)11-15-6-8-16(26-4)9-7-15/h6-9,13,17H,3,5,10-12H2,1-2,4H3,(H,21,25). The van der Waals surface area contributed by atoms with Gasteiger partial charge in [0, 0.05) is 0 Å². The molecule has 0 spiro atoms. The first kappa shape index (κ1) is 18.9. The van der Waals surface area contributed by atoms with Gasteiger partial charge in [0.1, 0.15) is 11.4 Å². The minimum atomic E-state index is -0.420. The second-order valence-electron chi connectivity index (χ2n) is 7.16. The number of benzene rings is 1. The number of allylic oxidation sites excluding steroid dienone is 1. The van der Waals surface area contributed by atoms with Gasteiger partial charge in [0.15, 0.2) is 0 Å². The average molecular weight is 370 g/mol. The minimum Gasteiger partial charge on any atom is -0.497 e. The number of nitrogens with zero attached hydrogens (tertiary/aromatic N) is 3. The molecule has 27 heavy (non-hydrogen) atoms. The highest BCUT2D eigenvalue weighted by Gasteiger charge is 2.30. The van der Waals surface area contributed by atoms with Crippen LogP contribution in [0.3, 0.4) is 0 Å². The van der Waals surface area contributed by atoms with Crippen LogP contribution in [0.2, 0.25) is 0 Å². The van der Waals surface area contributed by atoms with Crippen molar-refractivity contribution in [3.05, 3.63) is 47.8 Å². The fourth-order valence-electron chi connectivity index (χ4n) is 3.08. The number of alkyl carbamates (subject to hydrolysis) is 1. The molecule has 0 aliphatic heterocycles. The fraction of sp³-hybridized carbons (Fsp3) is 0.450. The van der Waals surface area contributed by atoms with E-state index in [1.165, 1.54) is 0 Å². The molecule has 0 bridgehead atoms. The van der Waals surface area contributed by atoms with Crippen LogP contribution < -0.4 is 10.1 Å². The molecular weight excluding hydrogens is 344 g/mol. The number of aromatic nitrogens is 3. The van der Waals surface area contributed by atoms with Gasteiger partial charge in [-0.2, -0.15) is 0 Å². The van der Waals surface area contributed by atoms with Crippen LogP contribution in [0.1, 0.15) is 49.7 Å². The van der Waals surface area contributed by atoms with Crippen molar-refractivity contribution >= 4 is 11.7 Å². The Balaban J connectivity index is 1.75. The Kier molecular flexibility index (Phi) is 5.78. The SMILES string of the molecule is C=C1CCC(NC(=O)OCC(C)C)c2nnn(Cc3ccc(OC)cc3)c21. The lowest BCUT2D eigenvalue weighted by Crippen LogP contribution is -2.32. The molecular formula is C20H26N4O3. The molecule has 3 rings (SSSR count). The third-order valence-electron chi connectivity index (χ3n) is 4.49. The number of amides is 1. The van der Waals surface area contributed by atoms with E-state index in [2.05, 4.69) is 22.2 Å². The van der Waals surface area contributed by atoms with Gasteiger partial charge in [0.2, 0.25) is 0 Å². The molecule has 1 N–H and O–H groups in total. The number of carbonyl (C=O) groups is 1. The van der Waals surface area contributed by atoms with E-state index in [1.54, 1.807) is 7.11 Å². The molecule has 1 unspecified atom stereocenters. The van der Waals surface area contributed by atoms with Gasteiger partial charge < -0.3 is 14.8 Å². The number of hydrogen-bond donors (Lipinski definition) is 1. The molecule has 0 fully saturated rings. The number of rotatable bonds is 6. The van der Waals surface area contributed by atoms with E-state index in [0.717, 1.165) is 41.1 Å². The van der Waals surface area contributed by atoms with Crippen LogP contribution in [0.25, 0.3) is 5.57 Å². The Morgan fingerprint density at radius 1 is 1.37 bits per heavy atom. The Hall–Kier alpha value is -2.83. The molecule has 1 atom stereocenters. The fourth-order valence-corrected chi connectivity index (χ4v) is 3.08. The number of methoxy groups -OCH3 is 1. The van der Waals surface area contributed by atoms with Crippen LogP contribution in [0, 0.1) is 5.92 Å². The number of carbonyl (C=O) groups excluding carboxylic acids is 1. The van der Waals surface area contributed by atoms with Crippen molar-refractivity contribution in [2.24, 2.45) is 5.92 Å². The number of nitrogens with one attached hydrogen (secondary N) is 1. The van der Waals surface area contributed by atoms with Crippen LogP contribution in [0.15, 0.2) is 30.8 Å². The summed E-state index contributed by atoms with van der Waals surface area (Å²) >= 11 is 0. The summed E-state index contributed by atoms with van der Waals surface area (Å²) in [5.74, 6) is 1.11. The van der Waals surface area contributed by atoms with E-state index in [-0.39, 0.29) is 6.04 Å². The van der Waals surface area contributed by atoms with Crippen LogP contribution in [-0.4, -0.2) is 34.8 Å². The second kappa shape index (κ2) is 8.24. The lowest BCUT2D eigenvalue weighted by atomic mass is 9.92. The van der Waals surface area contributed by atoms with Crippen molar-refractivity contribution in [3.8, 4) is 5.75 Å². The van der Waals surface area contributed by atoms with Crippen molar-refractivity contribution in [1.29, 1.82) is 0 Å². The number of ether oxygens (including phenoxy) is 2. The van der Waals surface area contributed by atoms with Gasteiger partial charge in [0.25, 0.3) is 0 Å². The molecule has 1 aliphatic carbocycles. The highest BCUT2D eigenvalue weighted by molar-refractivity contribution is 5.70. The van der Waals surface area contributed by atoms with E-state index < -0.39 is 6.09 Å². The van der Waals surface area contributed by atoms with Crippen molar-refractivity contribution in [2.45, 2.75) is 39.3 Å². The molecule has 7 heteroatoms. The van der Waals surface area contributed by atoms with E-state index >= 15 is 0 Å². The molecule has 0 radical (unpaired) electrons. The first-order valence-electron chi connectivity index (χ1n) is 9.15. The Labute approximate surface area is 159 Å². The predicted octanol–water partition coefficient (Wildman–Crippen LogP) is 3.57. The van der Waals surface area contributed by atoms with E-state index in [9.17, 15) is 4.79 Å². The summed E-state index contributed by atoms with van der Waals surface area (Å²) in [6.07, 6.45) is 1.10. The largest absolute Gasteiger partial charge is 0.497 e. The molecule has 1 heterocycles. The molecule has 144 valence electrons. The highest BCUT2D eigenvalue weighted by atomic mass is 16.5. The minimum absolute atomic E-state index is 0.213. The summed E-state index contributed by atoms with van der Waals surface area (Å²) in [7, 11) is 1.64. The van der Waals surface area contributed by atoms with Gasteiger partial charge >= 0.3 is 6.09 Å². The summed E-state index contributed by atoms with van der Waals surface area (Å²) in [4.78, 5) is 12.0. The van der Waals surface area contributed by atoms with E-state index in [1.807, 2.05) is 42.8 Å². The third-order valence-corrected chi connectivity index (χ3v) is 4.49. The van der Waals surface area contributed by atoms with Crippen LogP contribution in [-0.2, 0) is 11.3 Å². The second-order valence-corrected chi connectivity index (χ2v) is 7.16. The quantitative estimate of drug-likeness (QED) is 0.841. The summed E-state index contributed by atoms with van der Waals surface area (Å²) < 4.78 is 12.3. The maximum Gasteiger partial charge on any atom is 0.407 e. The number of fused-ring (bicyclic) bond motifs is 1. The molecule has 0 saturated carbocycles. The Morgan fingerprint density at radius 2 is 2.11 bits per heavy atom. The summed E-state index contributed by atoms with van der Waals surface area (Å²) in [5.41, 5.74) is 3.72. The van der Waals surface area contributed by atoms with E-state index in [4.69, 9.17) is 9.47 Å². The van der Waals surface area contributed by atoms with Gasteiger partial charge in [-0.05, 0) is 42.0 Å². The summed E-state index contributed by atoms with van der Waals surface area (Å²) in [5, 5.41) is 11.5. The molecule has 0 saturated heterocycles. The first-order valence-corrected chi connectivity index (χ1v) is 9.15. The summed E-state index contributed by atoms with van der Waals surface area (Å²) in [6, 6.07) is 7.62.